The number of carbonyl (C=O) groups is 3. The summed E-state index contributed by atoms with van der Waals surface area (Å²) in [4.78, 5) is 39.0. The Morgan fingerprint density at radius 2 is 2.19 bits per heavy atom. The predicted octanol–water partition coefficient (Wildman–Crippen LogP) is 1.82. The first-order valence-electron chi connectivity index (χ1n) is 8.22. The van der Waals surface area contributed by atoms with E-state index in [1.807, 2.05) is 20.8 Å². The molecule has 2 rings (SSSR count). The largest absolute Gasteiger partial charge is 0.443 e. The molecule has 0 bridgehead atoms. The third-order valence-corrected chi connectivity index (χ3v) is 5.48. The second kappa shape index (κ2) is 7.84. The fourth-order valence-electron chi connectivity index (χ4n) is 3.05. The number of imide groups is 1. The highest BCUT2D eigenvalue weighted by atomic mass is 32.2. The summed E-state index contributed by atoms with van der Waals surface area (Å²) in [6.07, 6.45) is 6.97. The van der Waals surface area contributed by atoms with Crippen molar-refractivity contribution in [1.82, 2.24) is 9.80 Å². The highest BCUT2D eigenvalue weighted by Crippen LogP contribution is 2.60. The average molecular weight is 375 g/mol. The summed E-state index contributed by atoms with van der Waals surface area (Å²) in [5, 5.41) is 9.15. The minimum Gasteiger partial charge on any atom is -0.443 e. The van der Waals surface area contributed by atoms with Gasteiger partial charge in [-0.05, 0) is 17.1 Å². The molecule has 0 radical (unpaired) electrons. The number of urea groups is 1. The Hall–Kier alpha value is -2.45. The van der Waals surface area contributed by atoms with Gasteiger partial charge in [0.15, 0.2) is 6.73 Å². The van der Waals surface area contributed by atoms with E-state index in [1.165, 1.54) is 16.7 Å². The molecule has 1 aliphatic carbocycles. The molecule has 0 aromatic carbocycles. The minimum atomic E-state index is -0.557. The fraction of sp³-hybridized carbons (Fsp3) is 0.556. The van der Waals surface area contributed by atoms with Crippen LogP contribution in [0.2, 0.25) is 0 Å². The number of hydrogen-bond donors (Lipinski definition) is 0. The third-order valence-electron chi connectivity index (χ3n) is 4.65. The molecule has 26 heavy (non-hydrogen) atoms. The maximum absolute atomic E-state index is 12.4. The lowest BCUT2D eigenvalue weighted by molar-refractivity contribution is -0.151. The third kappa shape index (κ3) is 3.86. The van der Waals surface area contributed by atoms with Crippen LogP contribution in [0.4, 0.5) is 4.79 Å². The standard InChI is InChI=1S/C18H21N3O4S/c1-5-7-20-10-14(22)21(17(20)24)11-25-16(23)15-13(18(15,3)4)8-12(9-19)26-6-2/h1,8,13,15H,6-7,10-11H2,2-4H3/b12-8-/t13-,15+/m1/s1. The molecular weight excluding hydrogens is 354 g/mol. The Labute approximate surface area is 157 Å². The molecule has 0 aromatic rings. The van der Waals surface area contributed by atoms with Gasteiger partial charge in [-0.25, -0.2) is 9.69 Å². The summed E-state index contributed by atoms with van der Waals surface area (Å²) in [5.74, 6) is 1.64. The van der Waals surface area contributed by atoms with Gasteiger partial charge in [0.05, 0.1) is 17.4 Å². The smallest absolute Gasteiger partial charge is 0.330 e. The van der Waals surface area contributed by atoms with Gasteiger partial charge in [-0.15, -0.1) is 18.2 Å². The first-order chi connectivity index (χ1) is 12.3. The number of esters is 1. The number of rotatable bonds is 7. The summed E-state index contributed by atoms with van der Waals surface area (Å²) in [5.41, 5.74) is -0.331. The van der Waals surface area contributed by atoms with Gasteiger partial charge in [0, 0.05) is 0 Å². The molecule has 3 amide bonds. The van der Waals surface area contributed by atoms with Crippen molar-refractivity contribution in [1.29, 1.82) is 5.26 Å². The van der Waals surface area contributed by atoms with E-state index >= 15 is 0 Å². The molecule has 2 fully saturated rings. The van der Waals surface area contributed by atoms with Crippen LogP contribution in [0.5, 0.6) is 0 Å². The molecule has 2 atom stereocenters. The fourth-order valence-corrected chi connectivity index (χ4v) is 3.67. The normalized spacial score (nSPS) is 24.3. The van der Waals surface area contributed by atoms with E-state index in [0.717, 1.165) is 10.7 Å². The number of amides is 3. The number of allylic oxidation sites excluding steroid dienone is 2. The quantitative estimate of drug-likeness (QED) is 0.292. The van der Waals surface area contributed by atoms with Crippen LogP contribution in [0.3, 0.4) is 0 Å². The van der Waals surface area contributed by atoms with Crippen molar-refractivity contribution in [3.05, 3.63) is 11.0 Å². The topological polar surface area (TPSA) is 90.7 Å². The molecule has 2 aliphatic rings. The number of terminal acetylenes is 1. The Balaban J connectivity index is 1.97. The molecule has 0 unspecified atom stereocenters. The number of carbonyl (C=O) groups excluding carboxylic acids is 3. The second-order valence-electron chi connectivity index (χ2n) is 6.66. The number of ether oxygens (including phenoxy) is 1. The predicted molar refractivity (Wildman–Crippen MR) is 96.2 cm³/mol. The Morgan fingerprint density at radius 3 is 2.77 bits per heavy atom. The number of hydrogen-bond acceptors (Lipinski definition) is 6. The molecule has 0 spiro atoms. The lowest BCUT2D eigenvalue weighted by Crippen LogP contribution is -2.36. The van der Waals surface area contributed by atoms with Gasteiger partial charge in [0.1, 0.15) is 12.6 Å². The molecule has 1 saturated carbocycles. The molecule has 1 aliphatic heterocycles. The van der Waals surface area contributed by atoms with E-state index in [4.69, 9.17) is 16.4 Å². The van der Waals surface area contributed by atoms with E-state index in [0.29, 0.717) is 4.91 Å². The number of thioether (sulfide) groups is 1. The molecule has 138 valence electrons. The summed E-state index contributed by atoms with van der Waals surface area (Å²) in [6.45, 7) is 5.30. The van der Waals surface area contributed by atoms with Crippen molar-refractivity contribution < 1.29 is 19.1 Å². The highest BCUT2D eigenvalue weighted by Gasteiger charge is 2.61. The SMILES string of the molecule is C#CCN1CC(=O)N(COC(=O)[C@@H]2[C@@H](/C=C(/C#N)SCC)C2(C)C)C1=O. The maximum atomic E-state index is 12.4. The van der Waals surface area contributed by atoms with E-state index in [9.17, 15) is 14.4 Å². The summed E-state index contributed by atoms with van der Waals surface area (Å²) >= 11 is 1.43. The first kappa shape index (κ1) is 19.9. The van der Waals surface area contributed by atoms with Gasteiger partial charge >= 0.3 is 12.0 Å². The van der Waals surface area contributed by atoms with Crippen LogP contribution in [-0.2, 0) is 14.3 Å². The van der Waals surface area contributed by atoms with Crippen LogP contribution in [-0.4, -0.2) is 53.3 Å². The summed E-state index contributed by atoms with van der Waals surface area (Å²) < 4.78 is 5.21. The second-order valence-corrected chi connectivity index (χ2v) is 7.96. The van der Waals surface area contributed by atoms with Crippen LogP contribution in [0.15, 0.2) is 11.0 Å². The molecular formula is C18H21N3O4S. The van der Waals surface area contributed by atoms with E-state index in [1.54, 1.807) is 6.08 Å². The molecule has 1 heterocycles. The van der Waals surface area contributed by atoms with Gasteiger partial charge in [0.2, 0.25) is 0 Å². The van der Waals surface area contributed by atoms with Crippen molar-refractivity contribution in [3.8, 4) is 18.4 Å². The van der Waals surface area contributed by atoms with E-state index < -0.39 is 30.6 Å². The van der Waals surface area contributed by atoms with Gasteiger partial charge in [-0.1, -0.05) is 32.8 Å². The van der Waals surface area contributed by atoms with E-state index in [2.05, 4.69) is 12.0 Å². The van der Waals surface area contributed by atoms with Gasteiger partial charge in [-0.2, -0.15) is 5.26 Å². The lowest BCUT2D eigenvalue weighted by Gasteiger charge is -2.15. The molecule has 8 heteroatoms. The molecule has 7 nitrogen and oxygen atoms in total. The zero-order valence-electron chi connectivity index (χ0n) is 15.0. The zero-order valence-corrected chi connectivity index (χ0v) is 15.8. The van der Waals surface area contributed by atoms with Gasteiger partial charge < -0.3 is 9.64 Å². The Bertz CT molecular complexity index is 732. The highest BCUT2D eigenvalue weighted by molar-refractivity contribution is 8.03. The molecule has 1 saturated heterocycles. The minimum absolute atomic E-state index is 0.0313. The van der Waals surface area contributed by atoms with Gasteiger partial charge in [0.25, 0.3) is 5.91 Å². The summed E-state index contributed by atoms with van der Waals surface area (Å²) in [6, 6.07) is 1.57. The lowest BCUT2D eigenvalue weighted by atomic mass is 10.1. The molecule has 0 aromatic heterocycles. The molecule has 0 N–H and O–H groups in total. The van der Waals surface area contributed by atoms with Gasteiger partial charge in [-0.3, -0.25) is 9.59 Å². The van der Waals surface area contributed by atoms with Crippen LogP contribution in [0, 0.1) is 40.9 Å². The van der Waals surface area contributed by atoms with Crippen LogP contribution < -0.4 is 0 Å². The number of nitriles is 1. The Kier molecular flexibility index (Phi) is 5.99. The van der Waals surface area contributed by atoms with Crippen LogP contribution >= 0.6 is 11.8 Å². The van der Waals surface area contributed by atoms with Crippen molar-refractivity contribution in [2.45, 2.75) is 20.8 Å². The maximum Gasteiger partial charge on any atom is 0.330 e. The Morgan fingerprint density at radius 1 is 1.50 bits per heavy atom. The monoisotopic (exact) mass is 375 g/mol. The first-order valence-corrected chi connectivity index (χ1v) is 9.20. The van der Waals surface area contributed by atoms with E-state index in [-0.39, 0.29) is 24.4 Å². The van der Waals surface area contributed by atoms with Crippen LogP contribution in [0.1, 0.15) is 20.8 Å². The summed E-state index contributed by atoms with van der Waals surface area (Å²) in [7, 11) is 0. The van der Waals surface area contributed by atoms with Crippen molar-refractivity contribution in [2.24, 2.45) is 17.3 Å². The zero-order chi connectivity index (χ0) is 19.5. The van der Waals surface area contributed by atoms with Crippen molar-refractivity contribution in [2.75, 3.05) is 25.6 Å². The number of nitrogens with zero attached hydrogens (tertiary/aromatic N) is 3. The van der Waals surface area contributed by atoms with Crippen molar-refractivity contribution in [3.63, 3.8) is 0 Å². The average Bonchev–Trinajstić information content (AvgIpc) is 3.02. The van der Waals surface area contributed by atoms with Crippen molar-refractivity contribution >= 4 is 29.7 Å². The van der Waals surface area contributed by atoms with Crippen LogP contribution in [0.25, 0.3) is 0 Å².